The Balaban J connectivity index is 1.62. The molecule has 25 heavy (non-hydrogen) atoms. The molecule has 0 aliphatic carbocycles. The van der Waals surface area contributed by atoms with Crippen molar-refractivity contribution in [1.82, 2.24) is 4.90 Å². The first-order valence-electron chi connectivity index (χ1n) is 8.06. The molecule has 0 radical (unpaired) electrons. The van der Waals surface area contributed by atoms with E-state index >= 15 is 0 Å². The van der Waals surface area contributed by atoms with Gasteiger partial charge in [0.2, 0.25) is 0 Å². The number of nitrogens with zero attached hydrogens (tertiary/aromatic N) is 1. The lowest BCUT2D eigenvalue weighted by atomic mass is 10.1. The standard InChI is InChI=1S/C19H22FNO4/c1-22-15-8-18(23-2)17(19(9-15)24-3)12-21-10-16(11-21)25-14-6-4-13(20)5-7-14/h4-9,16H,10-12H2,1-3H3. The highest BCUT2D eigenvalue weighted by atomic mass is 19.1. The highest BCUT2D eigenvalue weighted by Crippen LogP contribution is 2.36. The Morgan fingerprint density at radius 2 is 1.52 bits per heavy atom. The van der Waals surface area contributed by atoms with E-state index in [9.17, 15) is 4.39 Å². The number of hydrogen-bond donors (Lipinski definition) is 0. The van der Waals surface area contributed by atoms with E-state index in [4.69, 9.17) is 18.9 Å². The van der Waals surface area contributed by atoms with Crippen molar-refractivity contribution in [3.63, 3.8) is 0 Å². The first-order chi connectivity index (χ1) is 12.1. The number of ether oxygens (including phenoxy) is 4. The summed E-state index contributed by atoms with van der Waals surface area (Å²) < 4.78 is 35.0. The van der Waals surface area contributed by atoms with Crippen molar-refractivity contribution >= 4 is 0 Å². The largest absolute Gasteiger partial charge is 0.496 e. The molecule has 0 atom stereocenters. The molecule has 0 unspecified atom stereocenters. The monoisotopic (exact) mass is 347 g/mol. The smallest absolute Gasteiger partial charge is 0.130 e. The molecular weight excluding hydrogens is 325 g/mol. The molecule has 6 heteroatoms. The third-order valence-electron chi connectivity index (χ3n) is 4.24. The van der Waals surface area contributed by atoms with Gasteiger partial charge in [-0.1, -0.05) is 0 Å². The molecule has 0 bridgehead atoms. The fraction of sp³-hybridized carbons (Fsp3) is 0.368. The second kappa shape index (κ2) is 7.61. The molecule has 1 aliphatic rings. The number of methoxy groups -OCH3 is 3. The number of benzene rings is 2. The van der Waals surface area contributed by atoms with E-state index < -0.39 is 0 Å². The van der Waals surface area contributed by atoms with Gasteiger partial charge in [-0.05, 0) is 24.3 Å². The van der Waals surface area contributed by atoms with E-state index in [1.54, 1.807) is 33.5 Å². The molecule has 3 rings (SSSR count). The number of likely N-dealkylation sites (tertiary alicyclic amines) is 1. The molecule has 1 fully saturated rings. The molecule has 1 aliphatic heterocycles. The van der Waals surface area contributed by atoms with Crippen LogP contribution in [0.4, 0.5) is 4.39 Å². The molecule has 0 spiro atoms. The summed E-state index contributed by atoms with van der Waals surface area (Å²) in [4.78, 5) is 2.24. The van der Waals surface area contributed by atoms with Crippen LogP contribution in [0.5, 0.6) is 23.0 Å². The van der Waals surface area contributed by atoms with Crippen LogP contribution in [0.25, 0.3) is 0 Å². The van der Waals surface area contributed by atoms with Gasteiger partial charge in [0.15, 0.2) is 0 Å². The number of halogens is 1. The predicted octanol–water partition coefficient (Wildman–Crippen LogP) is 3.11. The Morgan fingerprint density at radius 1 is 0.920 bits per heavy atom. The van der Waals surface area contributed by atoms with Crippen LogP contribution in [0.3, 0.4) is 0 Å². The van der Waals surface area contributed by atoms with Crippen molar-refractivity contribution < 1.29 is 23.3 Å². The minimum Gasteiger partial charge on any atom is -0.496 e. The van der Waals surface area contributed by atoms with Crippen molar-refractivity contribution in [3.05, 3.63) is 47.8 Å². The summed E-state index contributed by atoms with van der Waals surface area (Å²) in [7, 11) is 4.88. The van der Waals surface area contributed by atoms with Gasteiger partial charge in [-0.25, -0.2) is 4.39 Å². The van der Waals surface area contributed by atoms with E-state index in [0.717, 1.165) is 30.2 Å². The Bertz CT molecular complexity index is 689. The van der Waals surface area contributed by atoms with E-state index in [-0.39, 0.29) is 11.9 Å². The summed E-state index contributed by atoms with van der Waals surface area (Å²) >= 11 is 0. The minimum absolute atomic E-state index is 0.0979. The average Bonchev–Trinajstić information content (AvgIpc) is 2.61. The summed E-state index contributed by atoms with van der Waals surface area (Å²) in [6, 6.07) is 9.80. The van der Waals surface area contributed by atoms with E-state index in [1.807, 2.05) is 12.1 Å². The zero-order valence-electron chi connectivity index (χ0n) is 14.6. The molecule has 2 aromatic rings. The lowest BCUT2D eigenvalue weighted by Crippen LogP contribution is -2.53. The SMILES string of the molecule is COc1cc(OC)c(CN2CC(Oc3ccc(F)cc3)C2)c(OC)c1. The third-order valence-corrected chi connectivity index (χ3v) is 4.24. The average molecular weight is 347 g/mol. The highest BCUT2D eigenvalue weighted by Gasteiger charge is 2.30. The van der Waals surface area contributed by atoms with Gasteiger partial charge in [0.05, 0.1) is 26.9 Å². The quantitative estimate of drug-likeness (QED) is 0.770. The van der Waals surface area contributed by atoms with Crippen molar-refractivity contribution in [2.75, 3.05) is 34.4 Å². The van der Waals surface area contributed by atoms with Crippen LogP contribution in [0.15, 0.2) is 36.4 Å². The second-order valence-electron chi connectivity index (χ2n) is 5.90. The van der Waals surface area contributed by atoms with Gasteiger partial charge in [0.25, 0.3) is 0 Å². The van der Waals surface area contributed by atoms with Gasteiger partial charge in [0.1, 0.15) is 34.9 Å². The summed E-state index contributed by atoms with van der Waals surface area (Å²) in [5.41, 5.74) is 0.978. The van der Waals surface area contributed by atoms with Gasteiger partial charge in [-0.2, -0.15) is 0 Å². The van der Waals surface area contributed by atoms with E-state index in [1.165, 1.54) is 12.1 Å². The molecule has 1 saturated heterocycles. The van der Waals surface area contributed by atoms with E-state index in [2.05, 4.69) is 4.90 Å². The molecule has 134 valence electrons. The van der Waals surface area contributed by atoms with Crippen LogP contribution in [0.2, 0.25) is 0 Å². The Hall–Kier alpha value is -2.47. The van der Waals surface area contributed by atoms with Crippen molar-refractivity contribution in [3.8, 4) is 23.0 Å². The van der Waals surface area contributed by atoms with Crippen LogP contribution in [-0.2, 0) is 6.54 Å². The summed E-state index contributed by atoms with van der Waals surface area (Å²) in [6.07, 6.45) is 0.0979. The lowest BCUT2D eigenvalue weighted by Gasteiger charge is -2.39. The fourth-order valence-electron chi connectivity index (χ4n) is 2.89. The molecule has 0 amide bonds. The van der Waals surface area contributed by atoms with Gasteiger partial charge in [-0.3, -0.25) is 4.90 Å². The van der Waals surface area contributed by atoms with Gasteiger partial charge >= 0.3 is 0 Å². The van der Waals surface area contributed by atoms with Crippen molar-refractivity contribution in [2.45, 2.75) is 12.6 Å². The third kappa shape index (κ3) is 3.96. The summed E-state index contributed by atoms with van der Waals surface area (Å²) in [6.45, 7) is 2.27. The maximum absolute atomic E-state index is 12.9. The molecule has 2 aromatic carbocycles. The normalized spacial score (nSPS) is 14.7. The minimum atomic E-state index is -0.263. The topological polar surface area (TPSA) is 40.2 Å². The first kappa shape index (κ1) is 17.4. The first-order valence-corrected chi connectivity index (χ1v) is 8.06. The second-order valence-corrected chi connectivity index (χ2v) is 5.90. The van der Waals surface area contributed by atoms with Gasteiger partial charge < -0.3 is 18.9 Å². The zero-order valence-corrected chi connectivity index (χ0v) is 14.6. The molecule has 1 heterocycles. The summed E-state index contributed by atoms with van der Waals surface area (Å²) in [5, 5.41) is 0. The van der Waals surface area contributed by atoms with Crippen LogP contribution in [0.1, 0.15) is 5.56 Å². The lowest BCUT2D eigenvalue weighted by molar-refractivity contribution is 0.0137. The number of hydrogen-bond acceptors (Lipinski definition) is 5. The number of rotatable bonds is 7. The van der Waals surface area contributed by atoms with Gasteiger partial charge in [-0.15, -0.1) is 0 Å². The Morgan fingerprint density at radius 3 is 2.04 bits per heavy atom. The maximum atomic E-state index is 12.9. The fourth-order valence-corrected chi connectivity index (χ4v) is 2.89. The van der Waals surface area contributed by atoms with Crippen LogP contribution < -0.4 is 18.9 Å². The zero-order chi connectivity index (χ0) is 17.8. The van der Waals surface area contributed by atoms with Gasteiger partial charge in [0, 0.05) is 31.8 Å². The maximum Gasteiger partial charge on any atom is 0.130 e. The Labute approximate surface area is 146 Å². The Kier molecular flexibility index (Phi) is 5.28. The van der Waals surface area contributed by atoms with Crippen LogP contribution >= 0.6 is 0 Å². The summed E-state index contributed by atoms with van der Waals surface area (Å²) in [5.74, 6) is 2.59. The molecule has 0 saturated carbocycles. The predicted molar refractivity (Wildman–Crippen MR) is 92.2 cm³/mol. The van der Waals surface area contributed by atoms with Crippen LogP contribution in [0, 0.1) is 5.82 Å². The molecular formula is C19H22FNO4. The highest BCUT2D eigenvalue weighted by molar-refractivity contribution is 5.50. The molecule has 5 nitrogen and oxygen atoms in total. The van der Waals surface area contributed by atoms with E-state index in [0.29, 0.717) is 18.0 Å². The van der Waals surface area contributed by atoms with Crippen LogP contribution in [-0.4, -0.2) is 45.4 Å². The van der Waals surface area contributed by atoms with Crippen molar-refractivity contribution in [1.29, 1.82) is 0 Å². The van der Waals surface area contributed by atoms with Crippen molar-refractivity contribution in [2.24, 2.45) is 0 Å². The molecule has 0 N–H and O–H groups in total. The molecule has 0 aromatic heterocycles.